The first-order valence-electron chi connectivity index (χ1n) is 6.96. The van der Waals surface area contributed by atoms with Gasteiger partial charge in [-0.3, -0.25) is 9.59 Å². The van der Waals surface area contributed by atoms with Crippen molar-refractivity contribution in [3.63, 3.8) is 0 Å². The number of benzene rings is 1. The van der Waals surface area contributed by atoms with Crippen LogP contribution in [0.2, 0.25) is 0 Å². The maximum atomic E-state index is 11.3. The van der Waals surface area contributed by atoms with Gasteiger partial charge in [0.2, 0.25) is 11.8 Å². The van der Waals surface area contributed by atoms with Gasteiger partial charge in [-0.05, 0) is 44.0 Å². The molecular formula is C15H21N3O3. The van der Waals surface area contributed by atoms with E-state index in [-0.39, 0.29) is 12.0 Å². The largest absolute Gasteiger partial charge is 0.491 e. The molecule has 0 spiro atoms. The van der Waals surface area contributed by atoms with E-state index < -0.39 is 11.4 Å². The van der Waals surface area contributed by atoms with Gasteiger partial charge in [-0.25, -0.2) is 0 Å². The van der Waals surface area contributed by atoms with Gasteiger partial charge in [0.25, 0.3) is 0 Å². The molecule has 6 heteroatoms. The number of carbonyl (C=O) groups is 2. The van der Waals surface area contributed by atoms with E-state index >= 15 is 0 Å². The van der Waals surface area contributed by atoms with Crippen LogP contribution in [-0.4, -0.2) is 23.5 Å². The van der Waals surface area contributed by atoms with Gasteiger partial charge in [-0.15, -0.1) is 0 Å². The summed E-state index contributed by atoms with van der Waals surface area (Å²) in [5.41, 5.74) is 11.9. The van der Waals surface area contributed by atoms with Crippen molar-refractivity contribution in [2.45, 2.75) is 44.8 Å². The molecule has 0 aliphatic carbocycles. The van der Waals surface area contributed by atoms with Gasteiger partial charge in [0.1, 0.15) is 5.75 Å². The third-order valence-corrected chi connectivity index (χ3v) is 3.58. The summed E-state index contributed by atoms with van der Waals surface area (Å²) in [5.74, 6) is 0.175. The first-order valence-corrected chi connectivity index (χ1v) is 6.96. The molecule has 0 fully saturated rings. The molecule has 0 aromatic heterocycles. The van der Waals surface area contributed by atoms with E-state index in [0.717, 1.165) is 11.3 Å². The van der Waals surface area contributed by atoms with E-state index in [9.17, 15) is 9.59 Å². The molecule has 2 rings (SSSR count). The fourth-order valence-electron chi connectivity index (χ4n) is 2.40. The molecule has 1 aliphatic heterocycles. The number of nitrogens with one attached hydrogen (secondary N) is 1. The van der Waals surface area contributed by atoms with Crippen LogP contribution in [0.15, 0.2) is 18.2 Å². The van der Waals surface area contributed by atoms with Crippen LogP contribution in [0, 0.1) is 0 Å². The Balaban J connectivity index is 2.03. The van der Waals surface area contributed by atoms with Crippen molar-refractivity contribution >= 4 is 17.5 Å². The molecule has 1 heterocycles. The van der Waals surface area contributed by atoms with E-state index in [1.54, 1.807) is 13.0 Å². The highest BCUT2D eigenvalue weighted by atomic mass is 16.5. The molecule has 1 aliphatic rings. The van der Waals surface area contributed by atoms with Crippen LogP contribution in [0.5, 0.6) is 5.75 Å². The second-order valence-electron chi connectivity index (χ2n) is 5.78. The van der Waals surface area contributed by atoms with E-state index in [1.807, 2.05) is 19.1 Å². The number of hydrogen-bond acceptors (Lipinski definition) is 4. The number of carbonyl (C=O) groups excluding carboxylic acids is 2. The Morgan fingerprint density at radius 3 is 2.86 bits per heavy atom. The second kappa shape index (κ2) is 5.73. The van der Waals surface area contributed by atoms with Gasteiger partial charge in [-0.1, -0.05) is 0 Å². The zero-order valence-corrected chi connectivity index (χ0v) is 12.3. The fourth-order valence-corrected chi connectivity index (χ4v) is 2.40. The zero-order valence-electron chi connectivity index (χ0n) is 12.3. The number of aryl methyl sites for hydroxylation is 1. The summed E-state index contributed by atoms with van der Waals surface area (Å²) in [5, 5.41) is 2.82. The maximum absolute atomic E-state index is 11.3. The first kappa shape index (κ1) is 15.3. The van der Waals surface area contributed by atoms with Crippen molar-refractivity contribution < 1.29 is 14.3 Å². The van der Waals surface area contributed by atoms with Crippen LogP contribution in [0.4, 0.5) is 5.69 Å². The normalized spacial score (nSPS) is 18.1. The highest BCUT2D eigenvalue weighted by Gasteiger charge is 2.28. The summed E-state index contributed by atoms with van der Waals surface area (Å²) in [6.07, 6.45) is 1.26. The second-order valence-corrected chi connectivity index (χ2v) is 5.78. The molecule has 5 N–H and O–H groups in total. The number of fused-ring (bicyclic) bond motifs is 1. The van der Waals surface area contributed by atoms with Crippen LogP contribution < -0.4 is 21.5 Å². The van der Waals surface area contributed by atoms with Crippen LogP contribution in [0.1, 0.15) is 32.3 Å². The number of anilines is 1. The third-order valence-electron chi connectivity index (χ3n) is 3.58. The Kier molecular flexibility index (Phi) is 4.18. The van der Waals surface area contributed by atoms with Gasteiger partial charge >= 0.3 is 0 Å². The third kappa shape index (κ3) is 3.72. The minimum absolute atomic E-state index is 0.0323. The predicted molar refractivity (Wildman–Crippen MR) is 79.9 cm³/mol. The van der Waals surface area contributed by atoms with Gasteiger partial charge in [0.05, 0.1) is 11.6 Å². The Bertz CT molecular complexity index is 569. The van der Waals surface area contributed by atoms with Crippen molar-refractivity contribution in [2.75, 3.05) is 5.32 Å². The van der Waals surface area contributed by atoms with Gasteiger partial charge in [-0.2, -0.15) is 0 Å². The van der Waals surface area contributed by atoms with E-state index in [1.165, 1.54) is 0 Å². The minimum atomic E-state index is -1.10. The van der Waals surface area contributed by atoms with Gasteiger partial charge < -0.3 is 21.5 Å². The van der Waals surface area contributed by atoms with Crippen molar-refractivity contribution in [3.8, 4) is 5.75 Å². The van der Waals surface area contributed by atoms with Gasteiger partial charge in [0, 0.05) is 18.5 Å². The molecule has 2 amide bonds. The molecule has 1 aromatic rings. The Hall–Kier alpha value is -2.08. The Labute approximate surface area is 123 Å². The lowest BCUT2D eigenvalue weighted by atomic mass is 9.95. The summed E-state index contributed by atoms with van der Waals surface area (Å²) in [4.78, 5) is 22.5. The molecule has 0 radical (unpaired) electrons. The lowest BCUT2D eigenvalue weighted by molar-refractivity contribution is -0.123. The van der Waals surface area contributed by atoms with Crippen molar-refractivity contribution in [1.29, 1.82) is 0 Å². The molecule has 2 unspecified atom stereocenters. The molecule has 1 aromatic carbocycles. The van der Waals surface area contributed by atoms with Crippen LogP contribution >= 0.6 is 0 Å². The van der Waals surface area contributed by atoms with E-state index in [0.29, 0.717) is 25.0 Å². The maximum Gasteiger partial charge on any atom is 0.237 e. The highest BCUT2D eigenvalue weighted by Crippen LogP contribution is 2.27. The number of nitrogens with two attached hydrogens (primary N) is 2. The number of hydrogen-bond donors (Lipinski definition) is 3. The number of ether oxygens (including phenoxy) is 1. The molecule has 0 saturated heterocycles. The van der Waals surface area contributed by atoms with Crippen molar-refractivity contribution in [3.05, 3.63) is 23.8 Å². The Morgan fingerprint density at radius 2 is 2.19 bits per heavy atom. The summed E-state index contributed by atoms with van der Waals surface area (Å²) < 4.78 is 5.79. The molecule has 21 heavy (non-hydrogen) atoms. The molecule has 114 valence electrons. The van der Waals surface area contributed by atoms with Crippen LogP contribution in [0.3, 0.4) is 0 Å². The average Bonchev–Trinajstić information content (AvgIpc) is 2.38. The lowest BCUT2D eigenvalue weighted by Gasteiger charge is -2.25. The minimum Gasteiger partial charge on any atom is -0.491 e. The SMILES string of the molecule is CC(CC(C)(N)C(N)=O)Oc1ccc2c(c1)CCC(=O)N2. The topological polar surface area (TPSA) is 107 Å². The van der Waals surface area contributed by atoms with E-state index in [2.05, 4.69) is 5.32 Å². The smallest absolute Gasteiger partial charge is 0.237 e. The number of primary amides is 1. The van der Waals surface area contributed by atoms with Crippen LogP contribution in [0.25, 0.3) is 0 Å². The first-order chi connectivity index (χ1) is 9.78. The van der Waals surface area contributed by atoms with Crippen LogP contribution in [-0.2, 0) is 16.0 Å². The summed E-state index contributed by atoms with van der Waals surface area (Å²) >= 11 is 0. The number of amides is 2. The average molecular weight is 291 g/mol. The molecule has 0 bridgehead atoms. The predicted octanol–water partition coefficient (Wildman–Crippen LogP) is 0.931. The summed E-state index contributed by atoms with van der Waals surface area (Å²) in [6, 6.07) is 5.52. The highest BCUT2D eigenvalue weighted by molar-refractivity contribution is 5.94. The lowest BCUT2D eigenvalue weighted by Crippen LogP contribution is -2.51. The van der Waals surface area contributed by atoms with Crippen molar-refractivity contribution in [2.24, 2.45) is 11.5 Å². The summed E-state index contributed by atoms with van der Waals surface area (Å²) in [7, 11) is 0. The number of rotatable bonds is 5. The van der Waals surface area contributed by atoms with Crippen molar-refractivity contribution in [1.82, 2.24) is 0 Å². The molecule has 2 atom stereocenters. The monoisotopic (exact) mass is 291 g/mol. The fraction of sp³-hybridized carbons (Fsp3) is 0.467. The Morgan fingerprint density at radius 1 is 1.48 bits per heavy atom. The molecular weight excluding hydrogens is 270 g/mol. The zero-order chi connectivity index (χ0) is 15.6. The summed E-state index contributed by atoms with van der Waals surface area (Å²) in [6.45, 7) is 3.44. The standard InChI is InChI=1S/C15H21N3O3/c1-9(8-15(2,17)14(16)20)21-11-4-5-12-10(7-11)3-6-13(19)18-12/h4-5,7,9H,3,6,8,17H2,1-2H3,(H2,16,20)(H,18,19). The quantitative estimate of drug-likeness (QED) is 0.750. The molecule has 6 nitrogen and oxygen atoms in total. The van der Waals surface area contributed by atoms with Gasteiger partial charge in [0.15, 0.2) is 0 Å². The van der Waals surface area contributed by atoms with E-state index in [4.69, 9.17) is 16.2 Å². The molecule has 0 saturated carbocycles.